The average molecular weight is 479 g/mol. The van der Waals surface area contributed by atoms with Crippen LogP contribution >= 0.6 is 0 Å². The number of anilines is 1. The second-order valence-electron chi connectivity index (χ2n) is 8.32. The van der Waals surface area contributed by atoms with Crippen molar-refractivity contribution >= 4 is 23.7 Å². The first kappa shape index (κ1) is 27.4. The van der Waals surface area contributed by atoms with E-state index < -0.39 is 11.4 Å². The molecule has 1 fully saturated rings. The van der Waals surface area contributed by atoms with Crippen molar-refractivity contribution in [1.29, 1.82) is 0 Å². The van der Waals surface area contributed by atoms with Crippen LogP contribution in [0.3, 0.4) is 0 Å². The summed E-state index contributed by atoms with van der Waals surface area (Å²) in [6.45, 7) is 8.77. The maximum atomic E-state index is 12.4. The van der Waals surface area contributed by atoms with Gasteiger partial charge in [-0.1, -0.05) is 44.2 Å². The van der Waals surface area contributed by atoms with Crippen LogP contribution in [0.5, 0.6) is 0 Å². The van der Waals surface area contributed by atoms with Crippen molar-refractivity contribution in [1.82, 2.24) is 4.90 Å². The van der Waals surface area contributed by atoms with Gasteiger partial charge in [0.05, 0.1) is 11.1 Å². The summed E-state index contributed by atoms with van der Waals surface area (Å²) in [5.41, 5.74) is 17.9. The fourth-order valence-corrected chi connectivity index (χ4v) is 4.19. The first-order valence-electron chi connectivity index (χ1n) is 12.0. The van der Waals surface area contributed by atoms with Gasteiger partial charge in [0, 0.05) is 31.1 Å². The number of piperidine rings is 1. The van der Waals surface area contributed by atoms with E-state index in [0.717, 1.165) is 28.8 Å². The molecule has 3 rings (SSSR count). The maximum Gasteiger partial charge on any atom is 0.311 e. The minimum atomic E-state index is -0.915. The molecule has 0 amide bonds. The van der Waals surface area contributed by atoms with Gasteiger partial charge in [-0.05, 0) is 62.4 Å². The molecule has 0 radical (unpaired) electrons. The highest BCUT2D eigenvalue weighted by Crippen LogP contribution is 2.35. The quantitative estimate of drug-likeness (QED) is 0.254. The lowest BCUT2D eigenvalue weighted by Crippen LogP contribution is -2.48. The van der Waals surface area contributed by atoms with Crippen molar-refractivity contribution in [2.75, 3.05) is 18.5 Å². The summed E-state index contributed by atoms with van der Waals surface area (Å²) < 4.78 is 0. The Bertz CT molecular complexity index is 1060. The highest BCUT2D eigenvalue weighted by Gasteiger charge is 2.43. The Labute approximate surface area is 208 Å². The number of aliphatic imine (C=N–C) groups is 1. The number of hydrogen-bond donors (Lipinski definition) is 4. The van der Waals surface area contributed by atoms with E-state index in [-0.39, 0.29) is 0 Å². The van der Waals surface area contributed by atoms with Gasteiger partial charge < -0.3 is 21.5 Å². The second-order valence-corrected chi connectivity index (χ2v) is 8.32. The summed E-state index contributed by atoms with van der Waals surface area (Å²) in [6.07, 6.45) is 4.84. The summed E-state index contributed by atoms with van der Waals surface area (Å²) in [4.78, 5) is 18.9. The van der Waals surface area contributed by atoms with Gasteiger partial charge in [-0.25, -0.2) is 4.99 Å². The molecule has 35 heavy (non-hydrogen) atoms. The molecule has 1 aliphatic heterocycles. The third-order valence-corrected chi connectivity index (χ3v) is 5.96. The smallest absolute Gasteiger partial charge is 0.311 e. The maximum absolute atomic E-state index is 12.4. The number of aliphatic carboxylic acids is 1. The number of hydrazone groups is 1. The molecule has 2 aromatic carbocycles. The van der Waals surface area contributed by atoms with Gasteiger partial charge in [-0.2, -0.15) is 5.10 Å². The molecule has 8 heteroatoms. The summed E-state index contributed by atoms with van der Waals surface area (Å²) in [5.74, 6) is -0.0194. The molecule has 0 bridgehead atoms. The predicted octanol–water partition coefficient (Wildman–Crippen LogP) is 4.31. The molecule has 0 aromatic heterocycles. The van der Waals surface area contributed by atoms with Crippen LogP contribution < -0.4 is 16.9 Å². The highest BCUT2D eigenvalue weighted by molar-refractivity contribution is 5.98. The molecule has 0 aliphatic carbocycles. The zero-order valence-electron chi connectivity index (χ0n) is 21.2. The van der Waals surface area contributed by atoms with Crippen LogP contribution in [0.15, 0.2) is 70.6 Å². The van der Waals surface area contributed by atoms with Crippen molar-refractivity contribution in [3.63, 3.8) is 0 Å². The standard InChI is InChI=1S/C25H32N6O2.C2H6/c1-3-28-30-21-11-10-20(14-18(21)2)23(27)29-22(16-26)31-13-7-12-25(17-31,24(32)33)15-19-8-5-4-6-9-19;1-2/h3-6,8-11,14,16,30H,7,12-13,15,17,26H2,1-2H3,(H2,27,29)(H,32,33);1-2H3/b22-16+,28-3+;. The Balaban J connectivity index is 0.00000210. The SMILES string of the molecule is C/C=N/Nc1ccc(/C(N)=N/C(=C\N)N2CCCC(Cc3ccccc3)(C(=O)O)C2)cc1C.CC. The van der Waals surface area contributed by atoms with E-state index >= 15 is 0 Å². The van der Waals surface area contributed by atoms with Crippen molar-refractivity contribution in [2.24, 2.45) is 27.0 Å². The van der Waals surface area contributed by atoms with E-state index in [1.165, 1.54) is 6.20 Å². The average Bonchev–Trinajstić information content (AvgIpc) is 2.88. The minimum Gasteiger partial charge on any atom is -0.481 e. The van der Waals surface area contributed by atoms with E-state index in [9.17, 15) is 9.90 Å². The fourth-order valence-electron chi connectivity index (χ4n) is 4.19. The number of benzene rings is 2. The Kier molecular flexibility index (Phi) is 10.3. The van der Waals surface area contributed by atoms with Gasteiger partial charge in [0.1, 0.15) is 11.7 Å². The molecule has 6 N–H and O–H groups in total. The van der Waals surface area contributed by atoms with E-state index in [2.05, 4.69) is 15.5 Å². The second kappa shape index (κ2) is 13.2. The molecule has 8 nitrogen and oxygen atoms in total. The van der Waals surface area contributed by atoms with Gasteiger partial charge in [-0.3, -0.25) is 10.2 Å². The number of nitrogens with two attached hydrogens (primary N) is 2. The molecular weight excluding hydrogens is 440 g/mol. The fraction of sp³-hybridized carbons (Fsp3) is 0.370. The Morgan fingerprint density at radius 1 is 1.23 bits per heavy atom. The van der Waals surface area contributed by atoms with Crippen LogP contribution in [0.4, 0.5) is 5.69 Å². The summed E-state index contributed by atoms with van der Waals surface area (Å²) in [7, 11) is 0. The van der Waals surface area contributed by atoms with Crippen molar-refractivity contribution in [2.45, 2.75) is 47.0 Å². The summed E-state index contributed by atoms with van der Waals surface area (Å²) in [5, 5.41) is 14.2. The third-order valence-electron chi connectivity index (χ3n) is 5.96. The zero-order valence-corrected chi connectivity index (χ0v) is 21.2. The van der Waals surface area contributed by atoms with Gasteiger partial charge in [-0.15, -0.1) is 0 Å². The monoisotopic (exact) mass is 478 g/mol. The molecule has 0 spiro atoms. The van der Waals surface area contributed by atoms with E-state index in [1.807, 2.05) is 81.1 Å². The molecule has 2 aromatic rings. The molecule has 1 aliphatic rings. The number of carbonyl (C=O) groups is 1. The van der Waals surface area contributed by atoms with Crippen LogP contribution in [0.1, 0.15) is 50.3 Å². The number of rotatable bonds is 8. The Morgan fingerprint density at radius 2 is 1.94 bits per heavy atom. The predicted molar refractivity (Wildman–Crippen MR) is 144 cm³/mol. The van der Waals surface area contributed by atoms with E-state index in [1.54, 1.807) is 6.21 Å². The van der Waals surface area contributed by atoms with Gasteiger partial charge in [0.2, 0.25) is 0 Å². The first-order chi connectivity index (χ1) is 16.9. The molecule has 1 unspecified atom stereocenters. The number of carboxylic acids is 1. The van der Waals surface area contributed by atoms with Crippen LogP contribution in [-0.4, -0.2) is 41.1 Å². The molecule has 188 valence electrons. The highest BCUT2D eigenvalue weighted by atomic mass is 16.4. The summed E-state index contributed by atoms with van der Waals surface area (Å²) in [6, 6.07) is 15.4. The van der Waals surface area contributed by atoms with Gasteiger partial charge in [0.15, 0.2) is 0 Å². The first-order valence-corrected chi connectivity index (χ1v) is 12.0. The van der Waals surface area contributed by atoms with E-state index in [4.69, 9.17) is 11.5 Å². The third kappa shape index (κ3) is 7.09. The number of nitrogens with one attached hydrogen (secondary N) is 1. The summed E-state index contributed by atoms with van der Waals surface area (Å²) >= 11 is 0. The van der Waals surface area contributed by atoms with Crippen molar-refractivity contribution < 1.29 is 9.90 Å². The number of likely N-dealkylation sites (tertiary alicyclic amines) is 1. The molecule has 1 saturated heterocycles. The Morgan fingerprint density at radius 3 is 2.54 bits per heavy atom. The molecule has 1 heterocycles. The Hall–Kier alpha value is -3.81. The van der Waals surface area contributed by atoms with Gasteiger partial charge in [0.25, 0.3) is 0 Å². The lowest BCUT2D eigenvalue weighted by atomic mass is 9.75. The zero-order chi connectivity index (χ0) is 25.8. The van der Waals surface area contributed by atoms with Crippen LogP contribution in [0, 0.1) is 12.3 Å². The minimum absolute atomic E-state index is 0.313. The normalized spacial score (nSPS) is 18.7. The van der Waals surface area contributed by atoms with E-state index in [0.29, 0.717) is 37.6 Å². The lowest BCUT2D eigenvalue weighted by molar-refractivity contribution is -0.152. The number of aryl methyl sites for hydroxylation is 1. The number of nitrogens with zero attached hydrogens (tertiary/aromatic N) is 3. The van der Waals surface area contributed by atoms with Crippen LogP contribution in [-0.2, 0) is 11.2 Å². The number of hydrogen-bond acceptors (Lipinski definition) is 6. The molecule has 0 saturated carbocycles. The number of carboxylic acid groups (broad SMARTS) is 1. The van der Waals surface area contributed by atoms with Crippen LogP contribution in [0.2, 0.25) is 0 Å². The number of amidine groups is 1. The van der Waals surface area contributed by atoms with Crippen molar-refractivity contribution in [3.05, 3.63) is 77.2 Å². The van der Waals surface area contributed by atoms with Crippen molar-refractivity contribution in [3.8, 4) is 0 Å². The topological polar surface area (TPSA) is 129 Å². The largest absolute Gasteiger partial charge is 0.481 e. The lowest BCUT2D eigenvalue weighted by Gasteiger charge is -2.41. The molecule has 1 atom stereocenters. The van der Waals surface area contributed by atoms with Crippen LogP contribution in [0.25, 0.3) is 0 Å². The van der Waals surface area contributed by atoms with Gasteiger partial charge >= 0.3 is 5.97 Å². The molecular formula is C27H38N6O2.